The van der Waals surface area contributed by atoms with Crippen molar-refractivity contribution in [2.24, 2.45) is 0 Å². The maximum Gasteiger partial charge on any atom is 0.216 e. The Morgan fingerprint density at radius 2 is 1.87 bits per heavy atom. The normalized spacial score (nSPS) is 11.1. The van der Waals surface area contributed by atoms with Crippen LogP contribution in [0.15, 0.2) is 0 Å². The molecule has 0 aliphatic rings. The molecule has 0 radical (unpaired) electrons. The van der Waals surface area contributed by atoms with Crippen LogP contribution < -0.4 is 5.32 Å². The van der Waals surface area contributed by atoms with Crippen LogP contribution in [-0.4, -0.2) is 50.4 Å². The van der Waals surface area contributed by atoms with Crippen molar-refractivity contribution in [1.29, 1.82) is 0 Å². The van der Waals surface area contributed by atoms with E-state index >= 15 is 0 Å². The van der Waals surface area contributed by atoms with Crippen molar-refractivity contribution < 1.29 is 14.1 Å². The zero-order valence-corrected chi connectivity index (χ0v) is 10.1. The molecule has 88 valence electrons. The van der Waals surface area contributed by atoms with Crippen LogP contribution in [0.25, 0.3) is 0 Å². The zero-order valence-electron chi connectivity index (χ0n) is 10.1. The third-order valence-electron chi connectivity index (χ3n) is 2.40. The van der Waals surface area contributed by atoms with E-state index in [2.05, 4.69) is 19.4 Å². The number of nitrogens with one attached hydrogen (secondary N) is 1. The Morgan fingerprint density at radius 3 is 2.40 bits per heavy atom. The SMILES string of the molecule is CC(=O)NCCC[N+](C)(C)CCCC=O. The van der Waals surface area contributed by atoms with Crippen molar-refractivity contribution in [2.45, 2.75) is 26.2 Å². The maximum absolute atomic E-state index is 10.6. The molecule has 0 fully saturated rings. The molecule has 0 aromatic heterocycles. The highest BCUT2D eigenvalue weighted by Gasteiger charge is 2.13. The summed E-state index contributed by atoms with van der Waals surface area (Å²) in [6.07, 6.45) is 3.54. The topological polar surface area (TPSA) is 46.2 Å². The molecule has 0 bridgehead atoms. The van der Waals surface area contributed by atoms with Crippen LogP contribution in [-0.2, 0) is 9.59 Å². The Hall–Kier alpha value is -0.900. The van der Waals surface area contributed by atoms with Gasteiger partial charge in [-0.1, -0.05) is 0 Å². The summed E-state index contributed by atoms with van der Waals surface area (Å²) in [5.41, 5.74) is 0. The molecule has 0 heterocycles. The predicted molar refractivity (Wildman–Crippen MR) is 60.4 cm³/mol. The Morgan fingerprint density at radius 1 is 1.27 bits per heavy atom. The summed E-state index contributed by atoms with van der Waals surface area (Å²) in [4.78, 5) is 20.8. The second-order valence-electron chi connectivity index (χ2n) is 4.53. The van der Waals surface area contributed by atoms with Crippen molar-refractivity contribution in [2.75, 3.05) is 33.7 Å². The van der Waals surface area contributed by atoms with E-state index in [4.69, 9.17) is 0 Å². The van der Waals surface area contributed by atoms with E-state index in [1.165, 1.54) is 6.92 Å². The van der Waals surface area contributed by atoms with Gasteiger partial charge in [-0.25, -0.2) is 0 Å². The van der Waals surface area contributed by atoms with E-state index in [-0.39, 0.29) is 5.91 Å². The first-order valence-electron chi connectivity index (χ1n) is 5.48. The third kappa shape index (κ3) is 9.41. The number of quaternary nitrogens is 1. The summed E-state index contributed by atoms with van der Waals surface area (Å²) in [6, 6.07) is 0. The Balaban J connectivity index is 3.54. The lowest BCUT2D eigenvalue weighted by Crippen LogP contribution is -2.42. The molecule has 0 rings (SSSR count). The molecule has 1 amide bonds. The first-order chi connectivity index (χ1) is 6.98. The second kappa shape index (κ2) is 7.40. The van der Waals surface area contributed by atoms with E-state index in [0.29, 0.717) is 6.42 Å². The van der Waals surface area contributed by atoms with Crippen molar-refractivity contribution >= 4 is 12.2 Å². The minimum atomic E-state index is 0.0289. The van der Waals surface area contributed by atoms with Crippen molar-refractivity contribution in [3.8, 4) is 0 Å². The van der Waals surface area contributed by atoms with Gasteiger partial charge in [0.2, 0.25) is 5.91 Å². The monoisotopic (exact) mass is 215 g/mol. The van der Waals surface area contributed by atoms with E-state index in [1.807, 2.05) is 0 Å². The zero-order chi connectivity index (χ0) is 11.7. The lowest BCUT2D eigenvalue weighted by atomic mass is 10.2. The van der Waals surface area contributed by atoms with E-state index < -0.39 is 0 Å². The van der Waals surface area contributed by atoms with Gasteiger partial charge in [-0.2, -0.15) is 0 Å². The summed E-state index contributed by atoms with van der Waals surface area (Å²) in [5, 5.41) is 2.78. The van der Waals surface area contributed by atoms with Crippen LogP contribution in [0.2, 0.25) is 0 Å². The number of carbonyl (C=O) groups excluding carboxylic acids is 2. The molecule has 0 saturated heterocycles. The fourth-order valence-electron chi connectivity index (χ4n) is 1.49. The number of hydrogen-bond acceptors (Lipinski definition) is 2. The smallest absolute Gasteiger partial charge is 0.216 e. The summed E-state index contributed by atoms with van der Waals surface area (Å²) in [6.45, 7) is 4.31. The minimum Gasteiger partial charge on any atom is -0.356 e. The summed E-state index contributed by atoms with van der Waals surface area (Å²) < 4.78 is 0.910. The molecule has 0 spiro atoms. The highest BCUT2D eigenvalue weighted by Crippen LogP contribution is 2.02. The van der Waals surface area contributed by atoms with Gasteiger partial charge in [-0.15, -0.1) is 0 Å². The number of nitrogens with zero attached hydrogens (tertiary/aromatic N) is 1. The number of rotatable bonds is 8. The van der Waals surface area contributed by atoms with Gasteiger partial charge >= 0.3 is 0 Å². The summed E-state index contributed by atoms with van der Waals surface area (Å²) in [7, 11) is 4.30. The molecule has 4 heteroatoms. The summed E-state index contributed by atoms with van der Waals surface area (Å²) >= 11 is 0. The van der Waals surface area contributed by atoms with Crippen molar-refractivity contribution in [3.63, 3.8) is 0 Å². The Bertz CT molecular complexity index is 203. The van der Waals surface area contributed by atoms with Crippen LogP contribution in [0.1, 0.15) is 26.2 Å². The molecule has 0 aliphatic heterocycles. The lowest BCUT2D eigenvalue weighted by molar-refractivity contribution is -0.890. The predicted octanol–water partition coefficient (Wildman–Crippen LogP) is 0.568. The van der Waals surface area contributed by atoms with Gasteiger partial charge in [0, 0.05) is 32.7 Å². The average molecular weight is 215 g/mol. The van der Waals surface area contributed by atoms with Gasteiger partial charge in [0.1, 0.15) is 6.29 Å². The van der Waals surface area contributed by atoms with Crippen molar-refractivity contribution in [3.05, 3.63) is 0 Å². The molecule has 1 N–H and O–H groups in total. The fourth-order valence-corrected chi connectivity index (χ4v) is 1.49. The van der Waals surface area contributed by atoms with Gasteiger partial charge in [-0.05, 0) is 0 Å². The van der Waals surface area contributed by atoms with Gasteiger partial charge in [0.25, 0.3) is 0 Å². The highest BCUT2D eigenvalue weighted by atomic mass is 16.1. The van der Waals surface area contributed by atoms with Gasteiger partial charge in [0.05, 0.1) is 27.2 Å². The molecule has 0 atom stereocenters. The first-order valence-corrected chi connectivity index (χ1v) is 5.48. The molecule has 0 unspecified atom stereocenters. The van der Waals surface area contributed by atoms with E-state index in [1.54, 1.807) is 0 Å². The number of aldehydes is 1. The standard InChI is InChI=1S/C11H22N2O2/c1-11(15)12-7-6-9-13(2,3)8-4-5-10-14/h10H,4-9H2,1-3H3/p+1. The molecule has 0 saturated carbocycles. The molecule has 0 aromatic rings. The van der Waals surface area contributed by atoms with E-state index in [9.17, 15) is 9.59 Å². The molecular weight excluding hydrogens is 192 g/mol. The highest BCUT2D eigenvalue weighted by molar-refractivity contribution is 5.72. The molecular formula is C11H23N2O2+. The first kappa shape index (κ1) is 14.1. The fraction of sp³-hybridized carbons (Fsp3) is 0.818. The number of amides is 1. The number of carbonyl (C=O) groups is 2. The maximum atomic E-state index is 10.6. The average Bonchev–Trinajstić information content (AvgIpc) is 2.13. The van der Waals surface area contributed by atoms with Crippen LogP contribution in [0.5, 0.6) is 0 Å². The van der Waals surface area contributed by atoms with Gasteiger partial charge in [-0.3, -0.25) is 4.79 Å². The lowest BCUT2D eigenvalue weighted by Gasteiger charge is -2.29. The number of unbranched alkanes of at least 4 members (excludes halogenated alkanes) is 1. The van der Waals surface area contributed by atoms with Crippen LogP contribution in [0, 0.1) is 0 Å². The second-order valence-corrected chi connectivity index (χ2v) is 4.53. The van der Waals surface area contributed by atoms with Crippen LogP contribution in [0.4, 0.5) is 0 Å². The Kier molecular flexibility index (Phi) is 6.96. The van der Waals surface area contributed by atoms with E-state index in [0.717, 1.165) is 43.2 Å². The molecule has 0 aromatic carbocycles. The van der Waals surface area contributed by atoms with Crippen LogP contribution in [0.3, 0.4) is 0 Å². The molecule has 4 nitrogen and oxygen atoms in total. The largest absolute Gasteiger partial charge is 0.356 e. The quantitative estimate of drug-likeness (QED) is 0.365. The molecule has 0 aliphatic carbocycles. The summed E-state index contributed by atoms with van der Waals surface area (Å²) in [5.74, 6) is 0.0289. The number of hydrogen-bond donors (Lipinski definition) is 1. The minimum absolute atomic E-state index is 0.0289. The van der Waals surface area contributed by atoms with Crippen molar-refractivity contribution in [1.82, 2.24) is 5.32 Å². The van der Waals surface area contributed by atoms with Gasteiger partial charge in [0.15, 0.2) is 0 Å². The molecule has 15 heavy (non-hydrogen) atoms. The third-order valence-corrected chi connectivity index (χ3v) is 2.40. The Labute approximate surface area is 92.2 Å². The van der Waals surface area contributed by atoms with Gasteiger partial charge < -0.3 is 14.6 Å². The van der Waals surface area contributed by atoms with Crippen LogP contribution >= 0.6 is 0 Å².